The van der Waals surface area contributed by atoms with Crippen molar-refractivity contribution in [1.29, 1.82) is 0 Å². The van der Waals surface area contributed by atoms with E-state index >= 15 is 0 Å². The van der Waals surface area contributed by atoms with E-state index < -0.39 is 11.4 Å². The summed E-state index contributed by atoms with van der Waals surface area (Å²) in [5.74, 6) is 1.90. The van der Waals surface area contributed by atoms with Crippen LogP contribution in [0.2, 0.25) is 0 Å². The van der Waals surface area contributed by atoms with Crippen molar-refractivity contribution in [3.05, 3.63) is 0 Å². The highest BCUT2D eigenvalue weighted by atomic mass is 32.2. The fourth-order valence-electron chi connectivity index (χ4n) is 1.08. The van der Waals surface area contributed by atoms with Crippen molar-refractivity contribution >= 4 is 17.6 Å². The Bertz CT molecular complexity index is 157. The van der Waals surface area contributed by atoms with Gasteiger partial charge in [-0.25, -0.2) is 0 Å². The van der Waals surface area contributed by atoms with Crippen LogP contribution in [-0.4, -0.2) is 16.5 Å². The molecular formula is C11H23NOS. The zero-order chi connectivity index (χ0) is 11.0. The molecule has 1 atom stereocenters. The fourth-order valence-corrected chi connectivity index (χ4v) is 2.01. The van der Waals surface area contributed by atoms with Crippen LogP contribution in [0.1, 0.15) is 47.0 Å². The molecule has 14 heavy (non-hydrogen) atoms. The second kappa shape index (κ2) is 8.30. The van der Waals surface area contributed by atoms with E-state index in [2.05, 4.69) is 32.1 Å². The van der Waals surface area contributed by atoms with Crippen molar-refractivity contribution in [2.45, 2.75) is 47.0 Å². The average molecular weight is 217 g/mol. The Morgan fingerprint density at radius 3 is 2.36 bits per heavy atom. The first-order chi connectivity index (χ1) is 6.52. The van der Waals surface area contributed by atoms with Crippen LogP contribution in [0.15, 0.2) is 4.40 Å². The lowest BCUT2D eigenvalue weighted by Crippen LogP contribution is -2.08. The van der Waals surface area contributed by atoms with Gasteiger partial charge in [-0.1, -0.05) is 38.5 Å². The van der Waals surface area contributed by atoms with Crippen LogP contribution in [0.4, 0.5) is 0 Å². The van der Waals surface area contributed by atoms with E-state index in [-0.39, 0.29) is 0 Å². The normalized spacial score (nSPS) is 14.5. The van der Waals surface area contributed by atoms with Crippen molar-refractivity contribution in [1.82, 2.24) is 0 Å². The Balaban J connectivity index is 3.42. The Labute approximate surface area is 91.5 Å². The minimum absolute atomic E-state index is 0.462. The summed E-state index contributed by atoms with van der Waals surface area (Å²) in [4.78, 5) is 0. The quantitative estimate of drug-likeness (QED) is 0.366. The smallest absolute Gasteiger partial charge is 0.135 e. The lowest BCUT2D eigenvalue weighted by molar-refractivity contribution is 0.566. The molecule has 0 aromatic heterocycles. The van der Waals surface area contributed by atoms with Crippen LogP contribution < -0.4 is 0 Å². The first-order valence-corrected chi connectivity index (χ1v) is 6.71. The van der Waals surface area contributed by atoms with E-state index in [0.29, 0.717) is 11.7 Å². The second-order valence-corrected chi connectivity index (χ2v) is 5.68. The third kappa shape index (κ3) is 10.1. The molecule has 0 bridgehead atoms. The maximum atomic E-state index is 11.3. The molecule has 0 rings (SSSR count). The minimum atomic E-state index is -0.995. The molecule has 0 heterocycles. The fraction of sp³-hybridized carbons (Fsp3) is 0.909. The van der Waals surface area contributed by atoms with Gasteiger partial charge in [-0.2, -0.15) is 0 Å². The van der Waals surface area contributed by atoms with Gasteiger partial charge in [-0.15, -0.1) is 0 Å². The molecule has 1 unspecified atom stereocenters. The molecule has 0 N–H and O–H groups in total. The van der Waals surface area contributed by atoms with Crippen LogP contribution >= 0.6 is 0 Å². The number of nitrogens with zero attached hydrogens (tertiary/aromatic N) is 1. The third-order valence-electron chi connectivity index (χ3n) is 1.78. The van der Waals surface area contributed by atoms with E-state index in [9.17, 15) is 4.55 Å². The zero-order valence-electron chi connectivity index (χ0n) is 9.82. The lowest BCUT2D eigenvalue weighted by Gasteiger charge is -2.05. The van der Waals surface area contributed by atoms with E-state index in [1.165, 1.54) is 6.42 Å². The molecule has 0 spiro atoms. The van der Waals surface area contributed by atoms with Crippen LogP contribution in [0.5, 0.6) is 0 Å². The summed E-state index contributed by atoms with van der Waals surface area (Å²) in [7, 11) is 0. The highest BCUT2D eigenvalue weighted by Crippen LogP contribution is 2.06. The van der Waals surface area contributed by atoms with Crippen LogP contribution in [0.3, 0.4) is 0 Å². The van der Waals surface area contributed by atoms with Gasteiger partial charge in [0.25, 0.3) is 0 Å². The van der Waals surface area contributed by atoms with Crippen LogP contribution in [-0.2, 0) is 11.4 Å². The van der Waals surface area contributed by atoms with Gasteiger partial charge in [0.2, 0.25) is 0 Å². The van der Waals surface area contributed by atoms with E-state index in [1.807, 2.05) is 6.21 Å². The second-order valence-electron chi connectivity index (χ2n) is 4.49. The van der Waals surface area contributed by atoms with Gasteiger partial charge in [-0.3, -0.25) is 0 Å². The minimum Gasteiger partial charge on any atom is -0.591 e. The zero-order valence-corrected chi connectivity index (χ0v) is 10.6. The van der Waals surface area contributed by atoms with E-state index in [1.54, 1.807) is 0 Å². The predicted octanol–water partition coefficient (Wildman–Crippen LogP) is 3.20. The molecule has 0 aliphatic rings. The van der Waals surface area contributed by atoms with Crippen LogP contribution in [0, 0.1) is 11.8 Å². The monoisotopic (exact) mass is 217 g/mol. The first-order valence-electron chi connectivity index (χ1n) is 5.43. The summed E-state index contributed by atoms with van der Waals surface area (Å²) in [6.45, 7) is 8.56. The summed E-state index contributed by atoms with van der Waals surface area (Å²) in [5.41, 5.74) is 0. The maximum Gasteiger partial charge on any atom is 0.135 e. The topological polar surface area (TPSA) is 35.4 Å². The molecule has 0 aromatic rings. The average Bonchev–Trinajstić information content (AvgIpc) is 2.01. The molecular weight excluding hydrogens is 194 g/mol. The Kier molecular flexibility index (Phi) is 8.29. The predicted molar refractivity (Wildman–Crippen MR) is 65.0 cm³/mol. The van der Waals surface area contributed by atoms with Gasteiger partial charge in [0.05, 0.1) is 17.6 Å². The highest BCUT2D eigenvalue weighted by molar-refractivity contribution is 7.90. The molecule has 0 saturated heterocycles. The SMILES string of the molecule is CC(C)CCC/C=N\[S+]([O-])CC(C)C. The van der Waals surface area contributed by atoms with Gasteiger partial charge < -0.3 is 4.55 Å². The van der Waals surface area contributed by atoms with Crippen molar-refractivity contribution in [2.75, 3.05) is 5.75 Å². The van der Waals surface area contributed by atoms with Crippen molar-refractivity contribution in [3.8, 4) is 0 Å². The molecule has 0 fully saturated rings. The Morgan fingerprint density at radius 1 is 1.21 bits per heavy atom. The summed E-state index contributed by atoms with van der Waals surface area (Å²) in [6.07, 6.45) is 5.16. The van der Waals surface area contributed by atoms with E-state index in [0.717, 1.165) is 18.8 Å². The lowest BCUT2D eigenvalue weighted by atomic mass is 10.1. The summed E-state index contributed by atoms with van der Waals surface area (Å²) in [5, 5.41) is 0. The summed E-state index contributed by atoms with van der Waals surface area (Å²) in [6, 6.07) is 0. The van der Waals surface area contributed by atoms with Gasteiger partial charge in [0.1, 0.15) is 5.75 Å². The summed E-state index contributed by atoms with van der Waals surface area (Å²) < 4.78 is 15.3. The highest BCUT2D eigenvalue weighted by Gasteiger charge is 2.06. The number of rotatable bonds is 7. The van der Waals surface area contributed by atoms with Gasteiger partial charge in [0, 0.05) is 5.92 Å². The largest absolute Gasteiger partial charge is 0.591 e. The Morgan fingerprint density at radius 2 is 1.86 bits per heavy atom. The van der Waals surface area contributed by atoms with Crippen molar-refractivity contribution in [2.24, 2.45) is 16.2 Å². The molecule has 0 aliphatic carbocycles. The van der Waals surface area contributed by atoms with Gasteiger partial charge >= 0.3 is 0 Å². The van der Waals surface area contributed by atoms with Crippen molar-refractivity contribution < 1.29 is 4.55 Å². The summed E-state index contributed by atoms with van der Waals surface area (Å²) >= 11 is -0.995. The molecule has 0 radical (unpaired) electrons. The van der Waals surface area contributed by atoms with Gasteiger partial charge in [0.15, 0.2) is 0 Å². The Hall–Kier alpha value is -0.0200. The first kappa shape index (κ1) is 14.0. The number of unbranched alkanes of at least 4 members (excludes halogenated alkanes) is 1. The molecule has 0 aliphatic heterocycles. The van der Waals surface area contributed by atoms with Gasteiger partial charge in [-0.05, 0) is 18.8 Å². The van der Waals surface area contributed by atoms with Crippen molar-refractivity contribution in [3.63, 3.8) is 0 Å². The maximum absolute atomic E-state index is 11.3. The van der Waals surface area contributed by atoms with E-state index in [4.69, 9.17) is 0 Å². The standard InChI is InChI=1S/C11H23NOS/c1-10(2)7-5-6-8-12-14(13)9-11(3)4/h8,10-11H,5-7,9H2,1-4H3/b12-8-. The number of hydrogen-bond donors (Lipinski definition) is 0. The molecule has 84 valence electrons. The molecule has 3 heteroatoms. The van der Waals surface area contributed by atoms with Crippen LogP contribution in [0.25, 0.3) is 0 Å². The third-order valence-corrected chi connectivity index (χ3v) is 3.12. The molecule has 0 amide bonds. The number of hydrogen-bond acceptors (Lipinski definition) is 2. The molecule has 0 saturated carbocycles. The molecule has 0 aromatic carbocycles. The molecule has 2 nitrogen and oxygen atoms in total.